The number of halogens is 1. The molecule has 1 aliphatic heterocycles. The van der Waals surface area contributed by atoms with Gasteiger partial charge in [-0.05, 0) is 13.0 Å². The van der Waals surface area contributed by atoms with Crippen molar-refractivity contribution in [3.63, 3.8) is 0 Å². The van der Waals surface area contributed by atoms with Gasteiger partial charge in [-0.25, -0.2) is 4.39 Å². The van der Waals surface area contributed by atoms with Gasteiger partial charge < -0.3 is 4.74 Å². The predicted octanol–water partition coefficient (Wildman–Crippen LogP) is 1.26. The SMILES string of the molecule is C[C@@]1(F)C=COC1. The molecule has 1 atom stereocenters. The molecule has 2 heteroatoms. The Bertz CT molecular complexity index is 96.3. The normalized spacial score (nSPS) is 38.6. The van der Waals surface area contributed by atoms with Gasteiger partial charge in [-0.1, -0.05) is 0 Å². The van der Waals surface area contributed by atoms with E-state index in [0.29, 0.717) is 0 Å². The van der Waals surface area contributed by atoms with Crippen LogP contribution in [0.2, 0.25) is 0 Å². The third kappa shape index (κ3) is 0.918. The van der Waals surface area contributed by atoms with Crippen LogP contribution in [-0.4, -0.2) is 12.3 Å². The Hall–Kier alpha value is -0.530. The van der Waals surface area contributed by atoms with Gasteiger partial charge in [0.05, 0.1) is 6.26 Å². The van der Waals surface area contributed by atoms with E-state index in [-0.39, 0.29) is 6.61 Å². The molecule has 40 valence electrons. The molecule has 1 rings (SSSR count). The Kier molecular flexibility index (Phi) is 0.805. The monoisotopic (exact) mass is 102 g/mol. The largest absolute Gasteiger partial charge is 0.498 e. The Labute approximate surface area is 41.8 Å². The summed E-state index contributed by atoms with van der Waals surface area (Å²) in [4.78, 5) is 0. The minimum absolute atomic E-state index is 0.174. The molecule has 0 spiro atoms. The lowest BCUT2D eigenvalue weighted by molar-refractivity contribution is 0.149. The topological polar surface area (TPSA) is 9.23 Å². The molecule has 1 heterocycles. The molecule has 0 bridgehead atoms. The fourth-order valence-electron chi connectivity index (χ4n) is 0.449. The zero-order valence-electron chi connectivity index (χ0n) is 4.15. The molecule has 7 heavy (non-hydrogen) atoms. The van der Waals surface area contributed by atoms with Crippen LogP contribution in [0.1, 0.15) is 6.92 Å². The Morgan fingerprint density at radius 1 is 1.86 bits per heavy atom. The second-order valence-electron chi connectivity index (χ2n) is 1.89. The van der Waals surface area contributed by atoms with Crippen molar-refractivity contribution in [2.24, 2.45) is 0 Å². The summed E-state index contributed by atoms with van der Waals surface area (Å²) in [5.74, 6) is 0. The smallest absolute Gasteiger partial charge is 0.163 e. The second kappa shape index (κ2) is 1.22. The highest BCUT2D eigenvalue weighted by molar-refractivity contribution is 5.00. The lowest BCUT2D eigenvalue weighted by atomic mass is 10.2. The molecule has 0 amide bonds. The van der Waals surface area contributed by atoms with Gasteiger partial charge in [0, 0.05) is 0 Å². The Morgan fingerprint density at radius 3 is 2.71 bits per heavy atom. The summed E-state index contributed by atoms with van der Waals surface area (Å²) in [5.41, 5.74) is -1.21. The third-order valence-electron chi connectivity index (χ3n) is 0.877. The van der Waals surface area contributed by atoms with Gasteiger partial charge >= 0.3 is 0 Å². The fourth-order valence-corrected chi connectivity index (χ4v) is 0.449. The van der Waals surface area contributed by atoms with Gasteiger partial charge in [0.2, 0.25) is 0 Å². The van der Waals surface area contributed by atoms with Crippen LogP contribution in [0.5, 0.6) is 0 Å². The summed E-state index contributed by atoms with van der Waals surface area (Å²) < 4.78 is 17.0. The summed E-state index contributed by atoms with van der Waals surface area (Å²) in [5, 5.41) is 0. The van der Waals surface area contributed by atoms with E-state index in [2.05, 4.69) is 4.74 Å². The first-order valence-electron chi connectivity index (χ1n) is 2.19. The molecule has 0 aromatic rings. The van der Waals surface area contributed by atoms with Crippen molar-refractivity contribution in [3.05, 3.63) is 12.3 Å². The lowest BCUT2D eigenvalue weighted by Crippen LogP contribution is -2.15. The summed E-state index contributed by atoms with van der Waals surface area (Å²) in [6.45, 7) is 1.66. The zero-order valence-corrected chi connectivity index (χ0v) is 4.15. The fraction of sp³-hybridized carbons (Fsp3) is 0.600. The number of hydrogen-bond donors (Lipinski definition) is 0. The van der Waals surface area contributed by atoms with Crippen LogP contribution in [0.25, 0.3) is 0 Å². The molecule has 1 aliphatic rings. The maximum absolute atomic E-state index is 12.4. The molecule has 0 saturated heterocycles. The van der Waals surface area contributed by atoms with Gasteiger partial charge in [-0.3, -0.25) is 0 Å². The van der Waals surface area contributed by atoms with Crippen molar-refractivity contribution in [1.82, 2.24) is 0 Å². The van der Waals surface area contributed by atoms with Gasteiger partial charge in [0.25, 0.3) is 0 Å². The summed E-state index contributed by atoms with van der Waals surface area (Å²) in [7, 11) is 0. The average molecular weight is 102 g/mol. The number of hydrogen-bond acceptors (Lipinski definition) is 1. The molecule has 0 unspecified atom stereocenters. The predicted molar refractivity (Wildman–Crippen MR) is 24.6 cm³/mol. The number of ether oxygens (including phenoxy) is 1. The van der Waals surface area contributed by atoms with E-state index in [0.717, 1.165) is 0 Å². The van der Waals surface area contributed by atoms with E-state index in [1.165, 1.54) is 19.3 Å². The van der Waals surface area contributed by atoms with Crippen LogP contribution in [0.15, 0.2) is 12.3 Å². The molecule has 0 aromatic heterocycles. The molecule has 1 nitrogen and oxygen atoms in total. The first-order chi connectivity index (χ1) is 3.21. The molecular weight excluding hydrogens is 95.1 g/mol. The van der Waals surface area contributed by atoms with Gasteiger partial charge in [-0.2, -0.15) is 0 Å². The van der Waals surface area contributed by atoms with E-state index >= 15 is 0 Å². The molecule has 0 saturated carbocycles. The summed E-state index contributed by atoms with van der Waals surface area (Å²) in [6, 6.07) is 0. The minimum atomic E-state index is -1.21. The van der Waals surface area contributed by atoms with Crippen molar-refractivity contribution in [2.75, 3.05) is 6.61 Å². The molecular formula is C5H7FO. The van der Waals surface area contributed by atoms with Crippen molar-refractivity contribution >= 4 is 0 Å². The number of alkyl halides is 1. The first kappa shape index (κ1) is 4.62. The highest BCUT2D eigenvalue weighted by Crippen LogP contribution is 2.17. The van der Waals surface area contributed by atoms with Crippen LogP contribution in [-0.2, 0) is 4.74 Å². The average Bonchev–Trinajstić information content (AvgIpc) is 1.84. The molecule has 0 radical (unpaired) electrons. The van der Waals surface area contributed by atoms with Crippen molar-refractivity contribution in [1.29, 1.82) is 0 Å². The Balaban J connectivity index is 2.57. The van der Waals surface area contributed by atoms with E-state index in [1.807, 2.05) is 0 Å². The van der Waals surface area contributed by atoms with Crippen molar-refractivity contribution < 1.29 is 9.13 Å². The zero-order chi connectivity index (χ0) is 5.33. The quantitative estimate of drug-likeness (QED) is 0.447. The minimum Gasteiger partial charge on any atom is -0.498 e. The van der Waals surface area contributed by atoms with Crippen LogP contribution >= 0.6 is 0 Å². The van der Waals surface area contributed by atoms with Gasteiger partial charge in [0.15, 0.2) is 5.67 Å². The van der Waals surface area contributed by atoms with Gasteiger partial charge in [-0.15, -0.1) is 0 Å². The number of rotatable bonds is 0. The standard InChI is InChI=1S/C5H7FO/c1-5(6)2-3-7-4-5/h2-3H,4H2,1H3/t5-/m1/s1. The van der Waals surface area contributed by atoms with E-state index in [9.17, 15) is 4.39 Å². The van der Waals surface area contributed by atoms with Crippen LogP contribution in [0.3, 0.4) is 0 Å². The van der Waals surface area contributed by atoms with Gasteiger partial charge in [0.1, 0.15) is 6.61 Å². The Morgan fingerprint density at radius 2 is 2.57 bits per heavy atom. The molecule has 0 fully saturated rings. The third-order valence-corrected chi connectivity index (χ3v) is 0.877. The maximum Gasteiger partial charge on any atom is 0.163 e. The van der Waals surface area contributed by atoms with E-state index in [4.69, 9.17) is 0 Å². The van der Waals surface area contributed by atoms with Crippen molar-refractivity contribution in [2.45, 2.75) is 12.6 Å². The van der Waals surface area contributed by atoms with Crippen LogP contribution in [0.4, 0.5) is 4.39 Å². The van der Waals surface area contributed by atoms with Crippen molar-refractivity contribution in [3.8, 4) is 0 Å². The molecule has 0 aromatic carbocycles. The molecule has 0 aliphatic carbocycles. The van der Waals surface area contributed by atoms with E-state index < -0.39 is 5.67 Å². The summed E-state index contributed by atoms with van der Waals surface area (Å²) >= 11 is 0. The first-order valence-corrected chi connectivity index (χ1v) is 2.19. The molecule has 0 N–H and O–H groups in total. The summed E-state index contributed by atoms with van der Waals surface area (Å²) in [6.07, 6.45) is 2.80. The van der Waals surface area contributed by atoms with Crippen LogP contribution < -0.4 is 0 Å². The van der Waals surface area contributed by atoms with Crippen LogP contribution in [0, 0.1) is 0 Å². The lowest BCUT2D eigenvalue weighted by Gasteiger charge is -2.04. The highest BCUT2D eigenvalue weighted by Gasteiger charge is 2.23. The maximum atomic E-state index is 12.4. The second-order valence-corrected chi connectivity index (χ2v) is 1.89. The highest BCUT2D eigenvalue weighted by atomic mass is 19.1. The van der Waals surface area contributed by atoms with E-state index in [1.54, 1.807) is 0 Å².